The second-order valence-electron chi connectivity index (χ2n) is 4.74. The molecule has 1 aromatic carbocycles. The smallest absolute Gasteiger partial charge is 0.196 e. The number of benzene rings is 1. The first-order chi connectivity index (χ1) is 9.34. The lowest BCUT2D eigenvalue weighted by atomic mass is 10.0. The van der Waals surface area contributed by atoms with Gasteiger partial charge < -0.3 is 5.32 Å². The van der Waals surface area contributed by atoms with E-state index < -0.39 is 0 Å². The summed E-state index contributed by atoms with van der Waals surface area (Å²) in [4.78, 5) is 3.93. The summed E-state index contributed by atoms with van der Waals surface area (Å²) in [6.45, 7) is 4.00. The molecule has 3 rings (SSSR count). The van der Waals surface area contributed by atoms with E-state index in [1.807, 2.05) is 6.07 Å². The van der Waals surface area contributed by atoms with E-state index in [1.165, 1.54) is 10.4 Å². The van der Waals surface area contributed by atoms with Gasteiger partial charge in [0.1, 0.15) is 0 Å². The molecule has 0 bridgehead atoms. The maximum atomic E-state index is 4.39. The summed E-state index contributed by atoms with van der Waals surface area (Å²) in [6, 6.07) is 10.5. The van der Waals surface area contributed by atoms with Crippen LogP contribution in [0.2, 0.25) is 0 Å². The second kappa shape index (κ2) is 5.46. The van der Waals surface area contributed by atoms with Crippen LogP contribution in [-0.2, 0) is 7.05 Å². The molecule has 2 aromatic rings. The van der Waals surface area contributed by atoms with Crippen molar-refractivity contribution in [2.45, 2.75) is 6.04 Å². The maximum absolute atomic E-state index is 4.39. The minimum atomic E-state index is 0.0944. The third kappa shape index (κ3) is 2.64. The minimum absolute atomic E-state index is 0.0944. The molecule has 1 aliphatic heterocycles. The van der Waals surface area contributed by atoms with E-state index in [2.05, 4.69) is 49.9 Å². The van der Waals surface area contributed by atoms with Crippen molar-refractivity contribution >= 4 is 0 Å². The van der Waals surface area contributed by atoms with Crippen LogP contribution >= 0.6 is 0 Å². The van der Waals surface area contributed by atoms with Crippen LogP contribution < -0.4 is 5.32 Å². The van der Waals surface area contributed by atoms with Crippen molar-refractivity contribution < 1.29 is 0 Å². The highest BCUT2D eigenvalue weighted by Gasteiger charge is 2.27. The number of tetrazole rings is 1. The van der Waals surface area contributed by atoms with E-state index >= 15 is 0 Å². The first kappa shape index (κ1) is 12.3. The summed E-state index contributed by atoms with van der Waals surface area (Å²) in [5, 5.41) is 15.9. The molecule has 1 aliphatic rings. The largest absolute Gasteiger partial charge is 0.314 e. The standard InChI is InChI=1S/C13H18N6/c1-18-16-13(15-17-18)12(11-5-3-2-4-6-11)19-9-7-14-8-10-19/h2-6,12,14H,7-10H2,1H3/t12-/m0/s1. The third-order valence-corrected chi connectivity index (χ3v) is 3.40. The number of aryl methyl sites for hydroxylation is 1. The molecule has 19 heavy (non-hydrogen) atoms. The average molecular weight is 258 g/mol. The molecule has 1 fully saturated rings. The normalized spacial score (nSPS) is 18.4. The number of hydrogen-bond acceptors (Lipinski definition) is 5. The van der Waals surface area contributed by atoms with Gasteiger partial charge in [-0.2, -0.15) is 4.80 Å². The van der Waals surface area contributed by atoms with Crippen molar-refractivity contribution in [1.29, 1.82) is 0 Å². The molecular formula is C13H18N6. The van der Waals surface area contributed by atoms with Crippen LogP contribution in [0.3, 0.4) is 0 Å². The molecule has 0 radical (unpaired) electrons. The van der Waals surface area contributed by atoms with Crippen LogP contribution in [0, 0.1) is 0 Å². The molecule has 6 heteroatoms. The molecule has 1 atom stereocenters. The van der Waals surface area contributed by atoms with Crippen molar-refractivity contribution in [3.05, 3.63) is 41.7 Å². The Morgan fingerprint density at radius 2 is 1.89 bits per heavy atom. The van der Waals surface area contributed by atoms with Gasteiger partial charge in [0.2, 0.25) is 0 Å². The van der Waals surface area contributed by atoms with Crippen LogP contribution in [0.25, 0.3) is 0 Å². The lowest BCUT2D eigenvalue weighted by Gasteiger charge is -2.33. The molecule has 0 saturated carbocycles. The predicted molar refractivity (Wildman–Crippen MR) is 71.5 cm³/mol. The topological polar surface area (TPSA) is 58.9 Å². The van der Waals surface area contributed by atoms with Crippen molar-refractivity contribution in [3.63, 3.8) is 0 Å². The maximum Gasteiger partial charge on any atom is 0.196 e. The third-order valence-electron chi connectivity index (χ3n) is 3.40. The Hall–Kier alpha value is -1.79. The van der Waals surface area contributed by atoms with Gasteiger partial charge in [-0.3, -0.25) is 4.90 Å². The molecule has 1 saturated heterocycles. The fourth-order valence-corrected chi connectivity index (χ4v) is 2.51. The van der Waals surface area contributed by atoms with Crippen LogP contribution in [0.5, 0.6) is 0 Å². The number of hydrogen-bond donors (Lipinski definition) is 1. The van der Waals surface area contributed by atoms with Crippen molar-refractivity contribution in [1.82, 2.24) is 30.4 Å². The molecule has 0 spiro atoms. The van der Waals surface area contributed by atoms with Gasteiger partial charge in [0.15, 0.2) is 5.82 Å². The van der Waals surface area contributed by atoms with Gasteiger partial charge in [-0.25, -0.2) is 0 Å². The number of nitrogens with zero attached hydrogens (tertiary/aromatic N) is 5. The summed E-state index contributed by atoms with van der Waals surface area (Å²) in [7, 11) is 1.80. The first-order valence-corrected chi connectivity index (χ1v) is 6.58. The fourth-order valence-electron chi connectivity index (χ4n) is 2.51. The fraction of sp³-hybridized carbons (Fsp3) is 0.462. The van der Waals surface area contributed by atoms with E-state index in [4.69, 9.17) is 0 Å². The molecule has 1 N–H and O–H groups in total. The zero-order valence-corrected chi connectivity index (χ0v) is 11.0. The van der Waals surface area contributed by atoms with Gasteiger partial charge in [-0.05, 0) is 10.8 Å². The monoisotopic (exact) mass is 258 g/mol. The SMILES string of the molecule is Cn1nnc([C@H](c2ccccc2)N2CCNCC2)n1. The van der Waals surface area contributed by atoms with Crippen LogP contribution in [-0.4, -0.2) is 51.3 Å². The predicted octanol–water partition coefficient (Wildman–Crippen LogP) is 0.205. The van der Waals surface area contributed by atoms with E-state index in [0.717, 1.165) is 32.0 Å². The van der Waals surface area contributed by atoms with Gasteiger partial charge in [0.25, 0.3) is 0 Å². The van der Waals surface area contributed by atoms with Crippen LogP contribution in [0.15, 0.2) is 30.3 Å². The zero-order valence-electron chi connectivity index (χ0n) is 11.0. The van der Waals surface area contributed by atoms with E-state index in [1.54, 1.807) is 7.05 Å². The second-order valence-corrected chi connectivity index (χ2v) is 4.74. The molecular weight excluding hydrogens is 240 g/mol. The quantitative estimate of drug-likeness (QED) is 0.852. The van der Waals surface area contributed by atoms with Gasteiger partial charge in [0.05, 0.1) is 13.1 Å². The van der Waals surface area contributed by atoms with Gasteiger partial charge in [-0.1, -0.05) is 30.3 Å². The van der Waals surface area contributed by atoms with E-state index in [9.17, 15) is 0 Å². The Bertz CT molecular complexity index is 517. The van der Waals surface area contributed by atoms with Crippen LogP contribution in [0.1, 0.15) is 17.4 Å². The molecule has 2 heterocycles. The Morgan fingerprint density at radius 3 is 2.53 bits per heavy atom. The van der Waals surface area contributed by atoms with Crippen molar-refractivity contribution in [2.24, 2.45) is 7.05 Å². The molecule has 6 nitrogen and oxygen atoms in total. The highest BCUT2D eigenvalue weighted by atomic mass is 15.6. The van der Waals surface area contributed by atoms with E-state index in [0.29, 0.717) is 0 Å². The Morgan fingerprint density at radius 1 is 1.16 bits per heavy atom. The highest BCUT2D eigenvalue weighted by Crippen LogP contribution is 2.25. The van der Waals surface area contributed by atoms with Crippen LogP contribution in [0.4, 0.5) is 0 Å². The Labute approximate surface area is 112 Å². The van der Waals surface area contributed by atoms with Gasteiger partial charge in [-0.15, -0.1) is 10.2 Å². The summed E-state index contributed by atoms with van der Waals surface area (Å²) in [5.41, 5.74) is 1.22. The van der Waals surface area contributed by atoms with E-state index in [-0.39, 0.29) is 6.04 Å². The summed E-state index contributed by atoms with van der Waals surface area (Å²) in [5.74, 6) is 0.774. The zero-order chi connectivity index (χ0) is 13.1. The van der Waals surface area contributed by atoms with Gasteiger partial charge in [0, 0.05) is 26.2 Å². The highest BCUT2D eigenvalue weighted by molar-refractivity contribution is 5.24. The lowest BCUT2D eigenvalue weighted by molar-refractivity contribution is 0.192. The number of nitrogens with one attached hydrogen (secondary N) is 1. The van der Waals surface area contributed by atoms with Gasteiger partial charge >= 0.3 is 0 Å². The Balaban J connectivity index is 1.95. The molecule has 1 aromatic heterocycles. The average Bonchev–Trinajstić information content (AvgIpc) is 2.88. The summed E-state index contributed by atoms with van der Waals surface area (Å²) >= 11 is 0. The first-order valence-electron chi connectivity index (χ1n) is 6.58. The minimum Gasteiger partial charge on any atom is -0.314 e. The molecule has 0 amide bonds. The molecule has 0 unspecified atom stereocenters. The van der Waals surface area contributed by atoms with Crippen molar-refractivity contribution in [3.8, 4) is 0 Å². The molecule has 100 valence electrons. The Kier molecular flexibility index (Phi) is 3.52. The summed E-state index contributed by atoms with van der Waals surface area (Å²) in [6.07, 6.45) is 0. The molecule has 0 aliphatic carbocycles. The lowest BCUT2D eigenvalue weighted by Crippen LogP contribution is -2.45. The number of rotatable bonds is 3. The van der Waals surface area contributed by atoms with Crippen molar-refractivity contribution in [2.75, 3.05) is 26.2 Å². The number of aromatic nitrogens is 4. The summed E-state index contributed by atoms with van der Waals surface area (Å²) < 4.78 is 0. The number of piperazine rings is 1.